The van der Waals surface area contributed by atoms with Crippen LogP contribution in [0.5, 0.6) is 0 Å². The number of azide groups is 1. The zero-order valence-corrected chi connectivity index (χ0v) is 17.7. The van der Waals surface area contributed by atoms with Crippen molar-refractivity contribution in [2.45, 2.75) is 32.5 Å². The molecule has 172 valence electrons. The molecule has 3 rings (SSSR count). The number of fused-ring (bicyclic) bond motifs is 1. The summed E-state index contributed by atoms with van der Waals surface area (Å²) in [5.41, 5.74) is 7.85. The van der Waals surface area contributed by atoms with Gasteiger partial charge in [0.1, 0.15) is 5.82 Å². The van der Waals surface area contributed by atoms with Crippen molar-refractivity contribution in [3.05, 3.63) is 85.9 Å². The van der Waals surface area contributed by atoms with Gasteiger partial charge in [-0.05, 0) is 54.8 Å². The van der Waals surface area contributed by atoms with Crippen molar-refractivity contribution >= 4 is 22.4 Å². The number of nitrogens with zero attached hydrogens (tertiary/aromatic N) is 4. The summed E-state index contributed by atoms with van der Waals surface area (Å²) in [5, 5.41) is 6.95. The molecule has 1 amide bonds. The van der Waals surface area contributed by atoms with Crippen LogP contribution in [-0.2, 0) is 17.4 Å². The van der Waals surface area contributed by atoms with E-state index in [4.69, 9.17) is 5.53 Å². The lowest BCUT2D eigenvalue weighted by molar-refractivity contribution is -0.140. The van der Waals surface area contributed by atoms with Gasteiger partial charge in [0.05, 0.1) is 17.7 Å². The number of carbonyl (C=O) groups excluding carboxylic acids is 1. The minimum atomic E-state index is -4.82. The van der Waals surface area contributed by atoms with Gasteiger partial charge in [0.15, 0.2) is 0 Å². The number of halogens is 4. The average Bonchev–Trinajstić information content (AvgIpc) is 2.73. The molecule has 0 aliphatic heterocycles. The summed E-state index contributed by atoms with van der Waals surface area (Å²) in [6.07, 6.45) is -3.65. The predicted octanol–water partition coefficient (Wildman–Crippen LogP) is 5.52. The molecule has 0 aliphatic rings. The molecule has 1 N–H and O–H groups in total. The van der Waals surface area contributed by atoms with Crippen LogP contribution in [-0.4, -0.2) is 17.0 Å². The first-order chi connectivity index (χ1) is 15.5. The van der Waals surface area contributed by atoms with E-state index >= 15 is 0 Å². The summed E-state index contributed by atoms with van der Waals surface area (Å²) < 4.78 is 53.4. The highest BCUT2D eigenvalue weighted by molar-refractivity contribution is 6.03. The maximum atomic E-state index is 13.8. The monoisotopic (exact) mass is 461 g/mol. The number of aromatic nitrogens is 1. The summed E-state index contributed by atoms with van der Waals surface area (Å²) in [6.45, 7) is 3.53. The van der Waals surface area contributed by atoms with E-state index in [1.54, 1.807) is 32.0 Å². The number of amides is 1. The Kier molecular flexibility index (Phi) is 6.73. The first kappa shape index (κ1) is 23.8. The molecule has 0 saturated heterocycles. The van der Waals surface area contributed by atoms with E-state index < -0.39 is 23.5 Å². The summed E-state index contributed by atoms with van der Waals surface area (Å²) in [7, 11) is 0. The zero-order chi connectivity index (χ0) is 24.3. The minimum absolute atomic E-state index is 0.0742. The maximum Gasteiger partial charge on any atom is 0.419 e. The number of benzene rings is 2. The molecular formula is C22H19F4N5O2. The van der Waals surface area contributed by atoms with Crippen LogP contribution in [0.15, 0.2) is 52.5 Å². The Balaban J connectivity index is 1.89. The first-order valence-corrected chi connectivity index (χ1v) is 9.83. The second kappa shape index (κ2) is 9.33. The Hall–Kier alpha value is -3.85. The molecule has 0 bridgehead atoms. The second-order valence-corrected chi connectivity index (χ2v) is 7.55. The summed E-state index contributed by atoms with van der Waals surface area (Å²) >= 11 is 0. The predicted molar refractivity (Wildman–Crippen MR) is 115 cm³/mol. The molecule has 1 heterocycles. The van der Waals surface area contributed by atoms with Gasteiger partial charge in [-0.3, -0.25) is 9.59 Å². The van der Waals surface area contributed by atoms with Crippen molar-refractivity contribution < 1.29 is 22.4 Å². The van der Waals surface area contributed by atoms with E-state index in [1.807, 2.05) is 0 Å². The summed E-state index contributed by atoms with van der Waals surface area (Å²) in [6, 6.07) is 6.86. The van der Waals surface area contributed by atoms with Crippen molar-refractivity contribution in [1.29, 1.82) is 0 Å². The Morgan fingerprint density at radius 1 is 1.21 bits per heavy atom. The third-order valence-electron chi connectivity index (χ3n) is 5.17. The van der Waals surface area contributed by atoms with Crippen LogP contribution in [0.25, 0.3) is 21.2 Å². The van der Waals surface area contributed by atoms with E-state index in [0.717, 1.165) is 6.07 Å². The maximum absolute atomic E-state index is 13.8. The molecule has 0 saturated carbocycles. The Labute approximate surface area is 185 Å². The molecule has 0 spiro atoms. The van der Waals surface area contributed by atoms with Gasteiger partial charge >= 0.3 is 6.18 Å². The number of alkyl halides is 3. The fourth-order valence-electron chi connectivity index (χ4n) is 3.47. The lowest BCUT2D eigenvalue weighted by atomic mass is 10.0. The number of hydrogen-bond donors (Lipinski definition) is 1. The number of carbonyl (C=O) groups is 1. The van der Waals surface area contributed by atoms with Crippen LogP contribution in [0.3, 0.4) is 0 Å². The SMILES string of the molecule is Cc1ccc2c(=O)n(C(C)CN=[N+]=[N-])ccc2c1NC(=O)Cc1ccc(C(F)(F)F)c(F)c1. The fourth-order valence-corrected chi connectivity index (χ4v) is 3.47. The zero-order valence-electron chi connectivity index (χ0n) is 17.7. The summed E-state index contributed by atoms with van der Waals surface area (Å²) in [4.78, 5) is 28.2. The molecule has 1 atom stereocenters. The topological polar surface area (TPSA) is 99.9 Å². The molecule has 0 radical (unpaired) electrons. The van der Waals surface area contributed by atoms with Crippen LogP contribution in [0, 0.1) is 12.7 Å². The van der Waals surface area contributed by atoms with Gasteiger partial charge in [-0.15, -0.1) is 0 Å². The van der Waals surface area contributed by atoms with Crippen molar-refractivity contribution in [2.75, 3.05) is 11.9 Å². The van der Waals surface area contributed by atoms with Gasteiger partial charge in [-0.25, -0.2) is 4.39 Å². The van der Waals surface area contributed by atoms with Crippen molar-refractivity contribution in [3.63, 3.8) is 0 Å². The Bertz CT molecular complexity index is 1330. The standard InChI is InChI=1S/C22H19F4N5O2/c1-12-3-5-16-15(7-8-31(21(16)33)13(2)11-28-30-27)20(12)29-19(32)10-14-4-6-17(18(23)9-14)22(24,25)26/h3-9,13H,10-11H2,1-2H3,(H,29,32). The molecule has 7 nitrogen and oxygen atoms in total. The molecule has 3 aromatic rings. The smallest absolute Gasteiger partial charge is 0.325 e. The molecule has 1 aromatic heterocycles. The summed E-state index contributed by atoms with van der Waals surface area (Å²) in [5.74, 6) is -2.03. The van der Waals surface area contributed by atoms with Gasteiger partial charge in [0.2, 0.25) is 5.91 Å². The van der Waals surface area contributed by atoms with Crippen LogP contribution in [0.1, 0.15) is 29.7 Å². The van der Waals surface area contributed by atoms with E-state index in [9.17, 15) is 27.2 Å². The highest BCUT2D eigenvalue weighted by Gasteiger charge is 2.34. The van der Waals surface area contributed by atoms with Gasteiger partial charge in [0.25, 0.3) is 5.56 Å². The highest BCUT2D eigenvalue weighted by atomic mass is 19.4. The Morgan fingerprint density at radius 2 is 1.94 bits per heavy atom. The van der Waals surface area contributed by atoms with E-state index in [1.165, 1.54) is 10.8 Å². The average molecular weight is 461 g/mol. The van der Waals surface area contributed by atoms with Crippen molar-refractivity contribution in [1.82, 2.24) is 4.57 Å². The number of hydrogen-bond acceptors (Lipinski definition) is 3. The van der Waals surface area contributed by atoms with E-state index in [2.05, 4.69) is 15.3 Å². The molecule has 33 heavy (non-hydrogen) atoms. The van der Waals surface area contributed by atoms with Crippen molar-refractivity contribution in [2.24, 2.45) is 5.11 Å². The second-order valence-electron chi connectivity index (χ2n) is 7.55. The quantitative estimate of drug-likeness (QED) is 0.226. The van der Waals surface area contributed by atoms with Crippen LogP contribution >= 0.6 is 0 Å². The molecule has 2 aromatic carbocycles. The third-order valence-corrected chi connectivity index (χ3v) is 5.17. The van der Waals surface area contributed by atoms with Crippen LogP contribution in [0.4, 0.5) is 23.2 Å². The normalized spacial score (nSPS) is 12.3. The fraction of sp³-hybridized carbons (Fsp3) is 0.273. The van der Waals surface area contributed by atoms with Gasteiger partial charge < -0.3 is 9.88 Å². The number of nitrogens with one attached hydrogen (secondary N) is 1. The number of rotatable bonds is 6. The largest absolute Gasteiger partial charge is 0.419 e. The van der Waals surface area contributed by atoms with E-state index in [0.29, 0.717) is 34.2 Å². The van der Waals surface area contributed by atoms with Gasteiger partial charge in [-0.1, -0.05) is 17.2 Å². The molecule has 0 aliphatic carbocycles. The molecule has 1 unspecified atom stereocenters. The highest BCUT2D eigenvalue weighted by Crippen LogP contribution is 2.32. The number of anilines is 1. The number of pyridine rings is 1. The van der Waals surface area contributed by atoms with E-state index in [-0.39, 0.29) is 30.1 Å². The Morgan fingerprint density at radius 3 is 2.58 bits per heavy atom. The van der Waals surface area contributed by atoms with Crippen molar-refractivity contribution in [3.8, 4) is 0 Å². The van der Waals surface area contributed by atoms with Crippen LogP contribution < -0.4 is 10.9 Å². The van der Waals surface area contributed by atoms with Crippen LogP contribution in [0.2, 0.25) is 0 Å². The third kappa shape index (κ3) is 5.15. The molecule has 11 heteroatoms. The molecule has 0 fully saturated rings. The van der Waals surface area contributed by atoms with Gasteiger partial charge in [-0.2, -0.15) is 13.2 Å². The lowest BCUT2D eigenvalue weighted by Crippen LogP contribution is -2.25. The van der Waals surface area contributed by atoms with Gasteiger partial charge in [0, 0.05) is 34.5 Å². The number of aryl methyl sites for hydroxylation is 1. The first-order valence-electron chi connectivity index (χ1n) is 9.83. The minimum Gasteiger partial charge on any atom is -0.325 e. The molecular weight excluding hydrogens is 442 g/mol. The lowest BCUT2D eigenvalue weighted by Gasteiger charge is -2.16.